The number of anilines is 3. The van der Waals surface area contributed by atoms with E-state index in [1.807, 2.05) is 12.1 Å². The lowest BCUT2D eigenvalue weighted by Gasteiger charge is -2.28. The molecule has 0 radical (unpaired) electrons. The third-order valence-corrected chi connectivity index (χ3v) is 14.4. The number of para-hydroxylation sites is 5. The van der Waals surface area contributed by atoms with Crippen LogP contribution in [0, 0.1) is 0 Å². The molecule has 0 aliphatic carbocycles. The molecule has 3 heteroatoms. The molecular formula is C68H44N2O. The smallest absolute Gasteiger partial charge is 0.143 e. The molecule has 3 nitrogen and oxygen atoms in total. The molecule has 0 aliphatic rings. The normalized spacial score (nSPS) is 11.7. The molecule has 0 unspecified atom stereocenters. The van der Waals surface area contributed by atoms with Gasteiger partial charge >= 0.3 is 0 Å². The molecule has 14 rings (SSSR count). The molecule has 0 spiro atoms. The molecular weight excluding hydrogens is 861 g/mol. The number of hydrogen-bond acceptors (Lipinski definition) is 2. The van der Waals surface area contributed by atoms with Gasteiger partial charge < -0.3 is 13.9 Å². The van der Waals surface area contributed by atoms with Crippen molar-refractivity contribution in [3.63, 3.8) is 0 Å². The first-order valence-electron chi connectivity index (χ1n) is 24.3. The molecule has 0 atom stereocenters. The fourth-order valence-corrected chi connectivity index (χ4v) is 11.1. The molecule has 0 N–H and O–H groups in total. The Morgan fingerprint density at radius 1 is 0.296 bits per heavy atom. The second kappa shape index (κ2) is 16.7. The summed E-state index contributed by atoms with van der Waals surface area (Å²) in [6.07, 6.45) is 0. The Bertz CT molecular complexity index is 4280. The van der Waals surface area contributed by atoms with E-state index in [0.717, 1.165) is 66.8 Å². The number of hydrogen-bond donors (Lipinski definition) is 0. The van der Waals surface area contributed by atoms with Crippen LogP contribution < -0.4 is 4.90 Å². The van der Waals surface area contributed by atoms with Crippen molar-refractivity contribution in [3.8, 4) is 50.2 Å². The zero-order chi connectivity index (χ0) is 46.8. The Morgan fingerprint density at radius 2 is 0.761 bits per heavy atom. The van der Waals surface area contributed by atoms with Crippen LogP contribution in [-0.2, 0) is 0 Å². The Kier molecular flexibility index (Phi) is 9.53. The minimum absolute atomic E-state index is 0.901. The van der Waals surface area contributed by atoms with Gasteiger partial charge in [-0.1, -0.05) is 212 Å². The lowest BCUT2D eigenvalue weighted by Crippen LogP contribution is -2.10. The van der Waals surface area contributed by atoms with E-state index in [1.165, 1.54) is 65.7 Å². The van der Waals surface area contributed by atoms with Crippen molar-refractivity contribution in [2.75, 3.05) is 4.90 Å². The molecule has 332 valence electrons. The number of furan rings is 1. The molecule has 0 bridgehead atoms. The Hall–Kier alpha value is -9.44. The van der Waals surface area contributed by atoms with Gasteiger partial charge in [-0.15, -0.1) is 0 Å². The van der Waals surface area contributed by atoms with E-state index in [4.69, 9.17) is 4.42 Å². The summed E-state index contributed by atoms with van der Waals surface area (Å²) in [5, 5.41) is 9.65. The highest BCUT2D eigenvalue weighted by Gasteiger charge is 2.20. The third-order valence-electron chi connectivity index (χ3n) is 14.4. The quantitative estimate of drug-likeness (QED) is 0.142. The summed E-state index contributed by atoms with van der Waals surface area (Å²) in [4.78, 5) is 2.41. The molecule has 0 fully saturated rings. The second-order valence-corrected chi connectivity index (χ2v) is 18.4. The van der Waals surface area contributed by atoms with Gasteiger partial charge in [-0.05, 0) is 104 Å². The molecule has 2 heterocycles. The van der Waals surface area contributed by atoms with Crippen LogP contribution in [0.25, 0.3) is 115 Å². The highest BCUT2D eigenvalue weighted by atomic mass is 16.3. The van der Waals surface area contributed by atoms with Crippen LogP contribution in [0.15, 0.2) is 271 Å². The zero-order valence-electron chi connectivity index (χ0n) is 38.7. The monoisotopic (exact) mass is 904 g/mol. The average molecular weight is 905 g/mol. The number of rotatable bonds is 8. The maximum Gasteiger partial charge on any atom is 0.143 e. The summed E-state index contributed by atoms with van der Waals surface area (Å²) in [6, 6.07) is 96.6. The van der Waals surface area contributed by atoms with Gasteiger partial charge in [0.05, 0.1) is 22.4 Å². The van der Waals surface area contributed by atoms with Crippen molar-refractivity contribution >= 4 is 82.4 Å². The first-order valence-corrected chi connectivity index (χ1v) is 24.3. The van der Waals surface area contributed by atoms with Crippen molar-refractivity contribution in [3.05, 3.63) is 267 Å². The fourth-order valence-electron chi connectivity index (χ4n) is 11.1. The van der Waals surface area contributed by atoms with Gasteiger partial charge in [0, 0.05) is 49.4 Å². The first-order chi connectivity index (χ1) is 35.2. The SMILES string of the molecule is c1ccc(-c2cccc3c2oc2ccccc23)c(-c2ccc(N(c3ccc(-c4ccc(-c5ccccc5-n5c6ccccc6c6ccccc65)cc4)cc3)c3cc4ccccc4c4ccccc34)cc2)c1. The van der Waals surface area contributed by atoms with Crippen molar-refractivity contribution < 1.29 is 4.42 Å². The Morgan fingerprint density at radius 3 is 1.46 bits per heavy atom. The number of nitrogens with zero attached hydrogens (tertiary/aromatic N) is 2. The standard InChI is InChI=1S/C68H44N2O/c1-2-18-53-49(16-1)44-66(57-22-6-5-20-55(53)57)69(51-42-38-47(39-43-51)52-17-3-4-21-56(52)61-26-15-27-62-60-25-10-14-31-67(60)71-68(61)62)50-40-36-46(37-41-50)45-32-34-48(35-33-45)54-19-7-11-28-63(54)70-64-29-12-8-23-58(64)59-24-9-13-30-65(59)70/h1-44H. The summed E-state index contributed by atoms with van der Waals surface area (Å²) in [5.74, 6) is 0. The van der Waals surface area contributed by atoms with Crippen LogP contribution in [0.3, 0.4) is 0 Å². The maximum absolute atomic E-state index is 6.54. The van der Waals surface area contributed by atoms with E-state index >= 15 is 0 Å². The molecule has 14 aromatic rings. The lowest BCUT2D eigenvalue weighted by molar-refractivity contribution is 0.670. The van der Waals surface area contributed by atoms with Gasteiger partial charge in [0.2, 0.25) is 0 Å². The Balaban J connectivity index is 0.844. The molecule has 0 saturated heterocycles. The summed E-state index contributed by atoms with van der Waals surface area (Å²) in [5.41, 5.74) is 17.9. The van der Waals surface area contributed by atoms with Crippen molar-refractivity contribution in [1.29, 1.82) is 0 Å². The third kappa shape index (κ3) is 6.74. The van der Waals surface area contributed by atoms with E-state index in [1.54, 1.807) is 0 Å². The number of aromatic nitrogens is 1. The molecule has 0 amide bonds. The summed E-state index contributed by atoms with van der Waals surface area (Å²) in [6.45, 7) is 0. The van der Waals surface area contributed by atoms with E-state index in [2.05, 4.69) is 264 Å². The fraction of sp³-hybridized carbons (Fsp3) is 0. The van der Waals surface area contributed by atoms with Gasteiger partial charge in [-0.2, -0.15) is 0 Å². The summed E-state index contributed by atoms with van der Waals surface area (Å²) in [7, 11) is 0. The minimum atomic E-state index is 0.901. The van der Waals surface area contributed by atoms with Crippen LogP contribution in [0.2, 0.25) is 0 Å². The highest BCUT2D eigenvalue weighted by molar-refractivity contribution is 6.15. The molecule has 71 heavy (non-hydrogen) atoms. The van der Waals surface area contributed by atoms with Crippen LogP contribution >= 0.6 is 0 Å². The first kappa shape index (κ1) is 40.6. The van der Waals surface area contributed by atoms with Crippen molar-refractivity contribution in [2.45, 2.75) is 0 Å². The molecule has 12 aromatic carbocycles. The van der Waals surface area contributed by atoms with Crippen LogP contribution in [0.1, 0.15) is 0 Å². The van der Waals surface area contributed by atoms with Gasteiger partial charge in [0.25, 0.3) is 0 Å². The largest absolute Gasteiger partial charge is 0.455 e. The van der Waals surface area contributed by atoms with Crippen LogP contribution in [0.5, 0.6) is 0 Å². The molecule has 2 aromatic heterocycles. The van der Waals surface area contributed by atoms with E-state index in [9.17, 15) is 0 Å². The van der Waals surface area contributed by atoms with Crippen molar-refractivity contribution in [1.82, 2.24) is 4.57 Å². The van der Waals surface area contributed by atoms with Gasteiger partial charge in [-0.25, -0.2) is 0 Å². The van der Waals surface area contributed by atoms with E-state index in [-0.39, 0.29) is 0 Å². The molecule has 0 aliphatic heterocycles. The topological polar surface area (TPSA) is 21.3 Å². The lowest BCUT2D eigenvalue weighted by atomic mass is 9.93. The van der Waals surface area contributed by atoms with Gasteiger partial charge in [0.15, 0.2) is 0 Å². The predicted molar refractivity (Wildman–Crippen MR) is 299 cm³/mol. The second-order valence-electron chi connectivity index (χ2n) is 18.4. The predicted octanol–water partition coefficient (Wildman–Crippen LogP) is 19.1. The molecule has 0 saturated carbocycles. The van der Waals surface area contributed by atoms with Gasteiger partial charge in [0.1, 0.15) is 11.2 Å². The number of benzene rings is 12. The van der Waals surface area contributed by atoms with E-state index in [0.29, 0.717) is 0 Å². The number of fused-ring (bicyclic) bond motifs is 9. The Labute approximate surface area is 411 Å². The zero-order valence-corrected chi connectivity index (χ0v) is 38.7. The minimum Gasteiger partial charge on any atom is -0.455 e. The summed E-state index contributed by atoms with van der Waals surface area (Å²) < 4.78 is 8.95. The van der Waals surface area contributed by atoms with Crippen molar-refractivity contribution in [2.24, 2.45) is 0 Å². The van der Waals surface area contributed by atoms with Crippen LogP contribution in [-0.4, -0.2) is 4.57 Å². The van der Waals surface area contributed by atoms with Crippen LogP contribution in [0.4, 0.5) is 17.1 Å². The van der Waals surface area contributed by atoms with Gasteiger partial charge in [-0.3, -0.25) is 0 Å². The average Bonchev–Trinajstić information content (AvgIpc) is 4.00. The maximum atomic E-state index is 6.54. The summed E-state index contributed by atoms with van der Waals surface area (Å²) >= 11 is 0. The highest BCUT2D eigenvalue weighted by Crippen LogP contribution is 2.45. The van der Waals surface area contributed by atoms with E-state index < -0.39 is 0 Å².